The van der Waals surface area contributed by atoms with E-state index in [0.29, 0.717) is 0 Å². The Labute approximate surface area is 187 Å². The SMILES string of the molecule is COc1ccc(-c2n[nH]c(C)c2CC(=O)NC(c2nc3ccccc3n2C)C(C)C)cc1. The summed E-state index contributed by atoms with van der Waals surface area (Å²) >= 11 is 0. The lowest BCUT2D eigenvalue weighted by Gasteiger charge is -2.22. The van der Waals surface area contributed by atoms with E-state index in [1.807, 2.05) is 62.5 Å². The van der Waals surface area contributed by atoms with Gasteiger partial charge in [-0.15, -0.1) is 0 Å². The van der Waals surface area contributed by atoms with Crippen LogP contribution < -0.4 is 10.1 Å². The van der Waals surface area contributed by atoms with Crippen molar-refractivity contribution >= 4 is 16.9 Å². The number of para-hydroxylation sites is 2. The van der Waals surface area contributed by atoms with Gasteiger partial charge in [0.2, 0.25) is 5.91 Å². The van der Waals surface area contributed by atoms with Gasteiger partial charge in [-0.3, -0.25) is 9.89 Å². The van der Waals surface area contributed by atoms with Crippen molar-refractivity contribution in [1.29, 1.82) is 0 Å². The van der Waals surface area contributed by atoms with Crippen LogP contribution in [0.15, 0.2) is 48.5 Å². The molecule has 4 rings (SSSR count). The third-order valence-corrected chi connectivity index (χ3v) is 5.86. The Hall–Kier alpha value is -3.61. The molecule has 1 unspecified atom stereocenters. The zero-order valence-corrected chi connectivity index (χ0v) is 19.1. The maximum absolute atomic E-state index is 13.2. The number of hydrogen-bond donors (Lipinski definition) is 2. The van der Waals surface area contributed by atoms with E-state index in [4.69, 9.17) is 9.72 Å². The number of fused-ring (bicyclic) bond motifs is 1. The van der Waals surface area contributed by atoms with Gasteiger partial charge < -0.3 is 14.6 Å². The lowest BCUT2D eigenvalue weighted by Crippen LogP contribution is -2.34. The minimum atomic E-state index is -0.198. The van der Waals surface area contributed by atoms with E-state index in [-0.39, 0.29) is 24.3 Å². The van der Waals surface area contributed by atoms with Crippen molar-refractivity contribution < 1.29 is 9.53 Å². The minimum absolute atomic E-state index is 0.0602. The first kappa shape index (κ1) is 21.6. The number of aryl methyl sites for hydroxylation is 2. The normalized spacial score (nSPS) is 12.3. The summed E-state index contributed by atoms with van der Waals surface area (Å²) in [4.78, 5) is 18.0. The summed E-state index contributed by atoms with van der Waals surface area (Å²) in [5, 5.41) is 10.7. The Balaban J connectivity index is 1.58. The predicted octanol–water partition coefficient (Wildman–Crippen LogP) is 4.34. The molecule has 166 valence electrons. The van der Waals surface area contributed by atoms with E-state index >= 15 is 0 Å². The van der Waals surface area contributed by atoms with Gasteiger partial charge >= 0.3 is 0 Å². The number of rotatable bonds is 7. The summed E-state index contributed by atoms with van der Waals surface area (Å²) in [5.74, 6) is 1.76. The van der Waals surface area contributed by atoms with E-state index in [0.717, 1.165) is 45.1 Å². The number of nitrogens with one attached hydrogen (secondary N) is 2. The Morgan fingerprint density at radius 1 is 1.16 bits per heavy atom. The second kappa shape index (κ2) is 8.86. The first-order valence-corrected chi connectivity index (χ1v) is 10.8. The molecule has 7 nitrogen and oxygen atoms in total. The summed E-state index contributed by atoms with van der Waals surface area (Å²) in [7, 11) is 3.63. The molecule has 1 atom stereocenters. The van der Waals surface area contributed by atoms with Gasteiger partial charge in [-0.2, -0.15) is 5.10 Å². The van der Waals surface area contributed by atoms with E-state index in [1.54, 1.807) is 7.11 Å². The van der Waals surface area contributed by atoms with Crippen LogP contribution in [0.1, 0.15) is 37.0 Å². The fraction of sp³-hybridized carbons (Fsp3) is 0.320. The summed E-state index contributed by atoms with van der Waals surface area (Å²) in [5.41, 5.74) is 5.47. The standard InChI is InChI=1S/C25H29N5O2/c1-15(2)23(25-26-20-8-6-7-9-21(20)30(25)4)27-22(31)14-19-16(3)28-29-24(19)17-10-12-18(32-5)13-11-17/h6-13,15,23H,14H2,1-5H3,(H,27,31)(H,28,29). The zero-order valence-electron chi connectivity index (χ0n) is 19.1. The van der Waals surface area contributed by atoms with Crippen molar-refractivity contribution in [2.24, 2.45) is 13.0 Å². The first-order valence-electron chi connectivity index (χ1n) is 10.8. The molecule has 0 aliphatic heterocycles. The Morgan fingerprint density at radius 2 is 1.88 bits per heavy atom. The van der Waals surface area contributed by atoms with Crippen molar-refractivity contribution in [2.75, 3.05) is 7.11 Å². The molecule has 0 aliphatic rings. The van der Waals surface area contributed by atoms with Crippen LogP contribution in [0.5, 0.6) is 5.75 Å². The van der Waals surface area contributed by atoms with Crippen LogP contribution in [0.25, 0.3) is 22.3 Å². The number of carbonyl (C=O) groups is 1. The van der Waals surface area contributed by atoms with Gasteiger partial charge in [0.1, 0.15) is 11.6 Å². The summed E-state index contributed by atoms with van der Waals surface area (Å²) in [6.07, 6.45) is 0.233. The second-order valence-electron chi connectivity index (χ2n) is 8.39. The molecule has 4 aromatic rings. The number of carbonyl (C=O) groups excluding carboxylic acids is 1. The smallest absolute Gasteiger partial charge is 0.225 e. The maximum Gasteiger partial charge on any atom is 0.225 e. The van der Waals surface area contributed by atoms with Crippen molar-refractivity contribution in [3.63, 3.8) is 0 Å². The predicted molar refractivity (Wildman–Crippen MR) is 125 cm³/mol. The van der Waals surface area contributed by atoms with Gasteiger partial charge in [-0.05, 0) is 49.2 Å². The summed E-state index contributed by atoms with van der Waals surface area (Å²) < 4.78 is 7.31. The highest BCUT2D eigenvalue weighted by Gasteiger charge is 2.25. The highest BCUT2D eigenvalue weighted by molar-refractivity contribution is 5.82. The average Bonchev–Trinajstić information content (AvgIpc) is 3.32. The number of hydrogen-bond acceptors (Lipinski definition) is 4. The molecule has 2 aromatic carbocycles. The molecule has 0 spiro atoms. The van der Waals surface area contributed by atoms with Crippen LogP contribution >= 0.6 is 0 Å². The first-order chi connectivity index (χ1) is 15.4. The number of ether oxygens (including phenoxy) is 1. The molecule has 0 aliphatic carbocycles. The minimum Gasteiger partial charge on any atom is -0.497 e. The average molecular weight is 432 g/mol. The molecule has 7 heteroatoms. The van der Waals surface area contributed by atoms with Crippen LogP contribution in [0.3, 0.4) is 0 Å². The number of H-pyrrole nitrogens is 1. The van der Waals surface area contributed by atoms with Gasteiger partial charge in [0.15, 0.2) is 0 Å². The number of nitrogens with zero attached hydrogens (tertiary/aromatic N) is 3. The third-order valence-electron chi connectivity index (χ3n) is 5.86. The van der Waals surface area contributed by atoms with E-state index in [9.17, 15) is 4.79 Å². The van der Waals surface area contributed by atoms with Crippen LogP contribution in [-0.4, -0.2) is 32.8 Å². The Bertz CT molecular complexity index is 1240. The van der Waals surface area contributed by atoms with Gasteiger partial charge in [0.25, 0.3) is 0 Å². The molecular weight excluding hydrogens is 402 g/mol. The number of benzene rings is 2. The van der Waals surface area contributed by atoms with Crippen LogP contribution in [0, 0.1) is 12.8 Å². The quantitative estimate of drug-likeness (QED) is 0.456. The van der Waals surface area contributed by atoms with Crippen molar-refractivity contribution in [3.05, 3.63) is 65.6 Å². The van der Waals surface area contributed by atoms with E-state index in [2.05, 4.69) is 33.9 Å². The molecule has 2 N–H and O–H groups in total. The van der Waals surface area contributed by atoms with Gasteiger partial charge in [-0.25, -0.2) is 4.98 Å². The number of aromatic amines is 1. The molecule has 0 bridgehead atoms. The molecule has 2 heterocycles. The van der Waals surface area contributed by atoms with Crippen molar-refractivity contribution in [2.45, 2.75) is 33.2 Å². The monoisotopic (exact) mass is 431 g/mol. The van der Waals surface area contributed by atoms with Crippen LogP contribution in [0.4, 0.5) is 0 Å². The molecule has 0 radical (unpaired) electrons. The molecule has 1 amide bonds. The molecule has 2 aromatic heterocycles. The number of imidazole rings is 1. The molecule has 0 fully saturated rings. The molecule has 32 heavy (non-hydrogen) atoms. The lowest BCUT2D eigenvalue weighted by molar-refractivity contribution is -0.121. The highest BCUT2D eigenvalue weighted by atomic mass is 16.5. The fourth-order valence-electron chi connectivity index (χ4n) is 4.01. The van der Waals surface area contributed by atoms with Gasteiger partial charge in [0, 0.05) is 23.9 Å². The number of aromatic nitrogens is 4. The molecule has 0 saturated heterocycles. The van der Waals surface area contributed by atoms with E-state index in [1.165, 1.54) is 0 Å². The van der Waals surface area contributed by atoms with Crippen LogP contribution in [0.2, 0.25) is 0 Å². The van der Waals surface area contributed by atoms with Crippen molar-refractivity contribution in [3.8, 4) is 17.0 Å². The summed E-state index contributed by atoms with van der Waals surface area (Å²) in [6.45, 7) is 6.13. The molecular formula is C25H29N5O2. The van der Waals surface area contributed by atoms with Gasteiger partial charge in [-0.1, -0.05) is 26.0 Å². The van der Waals surface area contributed by atoms with Crippen molar-refractivity contribution in [1.82, 2.24) is 25.1 Å². The van der Waals surface area contributed by atoms with E-state index < -0.39 is 0 Å². The lowest BCUT2D eigenvalue weighted by atomic mass is 10.0. The maximum atomic E-state index is 13.2. The zero-order chi connectivity index (χ0) is 22.8. The topological polar surface area (TPSA) is 84.8 Å². The fourth-order valence-corrected chi connectivity index (χ4v) is 4.01. The Morgan fingerprint density at radius 3 is 2.53 bits per heavy atom. The second-order valence-corrected chi connectivity index (χ2v) is 8.39. The highest BCUT2D eigenvalue weighted by Crippen LogP contribution is 2.28. The molecule has 0 saturated carbocycles. The largest absolute Gasteiger partial charge is 0.497 e. The summed E-state index contributed by atoms with van der Waals surface area (Å²) in [6, 6.07) is 15.5. The number of amides is 1. The van der Waals surface area contributed by atoms with Gasteiger partial charge in [0.05, 0.1) is 36.3 Å². The third kappa shape index (κ3) is 4.10. The Kier molecular flexibility index (Phi) is 5.99. The number of methoxy groups -OCH3 is 1. The van der Waals surface area contributed by atoms with Crippen LogP contribution in [-0.2, 0) is 18.3 Å².